The molecule has 40 heavy (non-hydrogen) atoms. The van der Waals surface area contributed by atoms with Crippen LogP contribution in [0.4, 0.5) is 5.69 Å². The normalized spacial score (nSPS) is 12.0. The van der Waals surface area contributed by atoms with Gasteiger partial charge in [0.25, 0.3) is 10.0 Å². The maximum atomic E-state index is 14.1. The summed E-state index contributed by atoms with van der Waals surface area (Å²) in [4.78, 5) is 28.7. The maximum absolute atomic E-state index is 14.1. The molecule has 0 radical (unpaired) electrons. The van der Waals surface area contributed by atoms with Crippen LogP contribution in [0.5, 0.6) is 0 Å². The highest BCUT2D eigenvalue weighted by molar-refractivity contribution is 9.10. The smallest absolute Gasteiger partial charge is 0.264 e. The van der Waals surface area contributed by atoms with E-state index in [1.165, 1.54) is 17.0 Å². The Labute approximate surface area is 254 Å². The molecule has 3 aromatic rings. The SMILES string of the molecule is CCCCNC(=O)C(CC)N(Cc1ccc(Cl)cc1Cl)C(=O)CN(c1ccc(Br)cc1)S(=O)(=O)c1ccccc1. The van der Waals surface area contributed by atoms with Gasteiger partial charge in [0.05, 0.1) is 10.6 Å². The lowest BCUT2D eigenvalue weighted by molar-refractivity contribution is -0.140. The number of nitrogens with one attached hydrogen (secondary N) is 1. The molecule has 0 aliphatic heterocycles. The van der Waals surface area contributed by atoms with Gasteiger partial charge < -0.3 is 10.2 Å². The van der Waals surface area contributed by atoms with Gasteiger partial charge in [-0.3, -0.25) is 13.9 Å². The summed E-state index contributed by atoms with van der Waals surface area (Å²) in [7, 11) is -4.13. The molecule has 0 bridgehead atoms. The topological polar surface area (TPSA) is 86.8 Å². The Morgan fingerprint density at radius 2 is 1.65 bits per heavy atom. The first-order chi connectivity index (χ1) is 19.1. The lowest BCUT2D eigenvalue weighted by Crippen LogP contribution is -2.52. The monoisotopic (exact) mass is 667 g/mol. The summed E-state index contributed by atoms with van der Waals surface area (Å²) >= 11 is 15.9. The molecule has 0 aliphatic carbocycles. The highest BCUT2D eigenvalue weighted by atomic mass is 79.9. The molecule has 0 aromatic heterocycles. The van der Waals surface area contributed by atoms with Gasteiger partial charge in [-0.1, -0.05) is 83.7 Å². The Morgan fingerprint density at radius 1 is 0.975 bits per heavy atom. The second-order valence-corrected chi connectivity index (χ2v) is 12.7. The van der Waals surface area contributed by atoms with Crippen molar-refractivity contribution in [2.75, 3.05) is 17.4 Å². The molecule has 1 unspecified atom stereocenters. The van der Waals surface area contributed by atoms with E-state index >= 15 is 0 Å². The van der Waals surface area contributed by atoms with Crippen molar-refractivity contribution in [3.63, 3.8) is 0 Å². The van der Waals surface area contributed by atoms with E-state index in [0.29, 0.717) is 34.3 Å². The van der Waals surface area contributed by atoms with E-state index < -0.39 is 28.5 Å². The number of carbonyl (C=O) groups excluding carboxylic acids is 2. The van der Waals surface area contributed by atoms with Crippen LogP contribution in [0.25, 0.3) is 0 Å². The number of hydrogen-bond acceptors (Lipinski definition) is 4. The summed E-state index contributed by atoms with van der Waals surface area (Å²) in [5.41, 5.74) is 0.894. The first-order valence-corrected chi connectivity index (χ1v) is 15.9. The number of unbranched alkanes of at least 4 members (excludes halogenated alkanes) is 1. The van der Waals surface area contributed by atoms with Crippen molar-refractivity contribution >= 4 is 66.7 Å². The number of rotatable bonds is 13. The zero-order valence-electron chi connectivity index (χ0n) is 22.3. The molecule has 11 heteroatoms. The third kappa shape index (κ3) is 8.22. The molecule has 3 rings (SSSR count). The molecule has 0 saturated carbocycles. The highest BCUT2D eigenvalue weighted by Gasteiger charge is 2.33. The van der Waals surface area contributed by atoms with E-state index in [1.54, 1.807) is 67.6 Å². The van der Waals surface area contributed by atoms with Crippen LogP contribution in [-0.4, -0.2) is 44.3 Å². The molecule has 0 fully saturated rings. The first kappa shape index (κ1) is 31.9. The number of amides is 2. The van der Waals surface area contributed by atoms with Crippen molar-refractivity contribution in [1.82, 2.24) is 10.2 Å². The number of carbonyl (C=O) groups is 2. The molecule has 0 aliphatic rings. The first-order valence-electron chi connectivity index (χ1n) is 12.9. The number of hydrogen-bond donors (Lipinski definition) is 1. The fraction of sp³-hybridized carbons (Fsp3) is 0.310. The Kier molecular flexibility index (Phi) is 11.9. The number of halogens is 3. The minimum atomic E-state index is -4.13. The largest absolute Gasteiger partial charge is 0.354 e. The molecule has 1 atom stereocenters. The predicted molar refractivity (Wildman–Crippen MR) is 164 cm³/mol. The molecule has 7 nitrogen and oxygen atoms in total. The van der Waals surface area contributed by atoms with Crippen molar-refractivity contribution < 1.29 is 18.0 Å². The highest BCUT2D eigenvalue weighted by Crippen LogP contribution is 2.27. The van der Waals surface area contributed by atoms with Crippen LogP contribution in [0.2, 0.25) is 10.0 Å². The lowest BCUT2D eigenvalue weighted by atomic mass is 10.1. The Bertz CT molecular complexity index is 1410. The quantitative estimate of drug-likeness (QED) is 0.206. The summed E-state index contributed by atoms with van der Waals surface area (Å²) in [6.45, 7) is 3.77. The third-order valence-electron chi connectivity index (χ3n) is 6.30. The van der Waals surface area contributed by atoms with Crippen LogP contribution >= 0.6 is 39.1 Å². The van der Waals surface area contributed by atoms with E-state index in [1.807, 2.05) is 6.92 Å². The van der Waals surface area contributed by atoms with E-state index in [4.69, 9.17) is 23.2 Å². The zero-order valence-corrected chi connectivity index (χ0v) is 26.2. The van der Waals surface area contributed by atoms with Crippen molar-refractivity contribution in [3.8, 4) is 0 Å². The minimum absolute atomic E-state index is 0.00585. The van der Waals surface area contributed by atoms with Crippen LogP contribution in [0, 0.1) is 0 Å². The molecule has 3 aromatic carbocycles. The van der Waals surface area contributed by atoms with Gasteiger partial charge in [0, 0.05) is 27.6 Å². The standard InChI is InChI=1S/C29H32BrCl2N3O4S/c1-3-5-17-33-29(37)27(4-2)34(19-21-11-14-23(31)18-26(21)32)28(36)20-35(24-15-12-22(30)13-16-24)40(38,39)25-9-7-6-8-10-25/h6-16,18,27H,3-5,17,19-20H2,1-2H3,(H,33,37). The summed E-state index contributed by atoms with van der Waals surface area (Å²) in [6, 6.07) is 18.6. The van der Waals surface area contributed by atoms with Gasteiger partial charge in [-0.15, -0.1) is 0 Å². The van der Waals surface area contributed by atoms with E-state index in [-0.39, 0.29) is 17.3 Å². The molecule has 2 amide bonds. The van der Waals surface area contributed by atoms with Crippen LogP contribution < -0.4 is 9.62 Å². The summed E-state index contributed by atoms with van der Waals surface area (Å²) in [5, 5.41) is 3.68. The maximum Gasteiger partial charge on any atom is 0.264 e. The Morgan fingerprint density at radius 3 is 2.25 bits per heavy atom. The van der Waals surface area contributed by atoms with E-state index in [9.17, 15) is 18.0 Å². The number of benzene rings is 3. The number of nitrogens with zero attached hydrogens (tertiary/aromatic N) is 2. The summed E-state index contributed by atoms with van der Waals surface area (Å²) < 4.78 is 29.4. The van der Waals surface area contributed by atoms with Gasteiger partial charge in [0.2, 0.25) is 11.8 Å². The van der Waals surface area contributed by atoms with Gasteiger partial charge >= 0.3 is 0 Å². The predicted octanol–water partition coefficient (Wildman–Crippen LogP) is 6.67. The Balaban J connectivity index is 2.04. The van der Waals surface area contributed by atoms with Crippen LogP contribution in [0.3, 0.4) is 0 Å². The molecule has 214 valence electrons. The van der Waals surface area contributed by atoms with Gasteiger partial charge in [0.1, 0.15) is 12.6 Å². The second-order valence-electron chi connectivity index (χ2n) is 9.13. The Hall–Kier alpha value is -2.59. The van der Waals surface area contributed by atoms with Crippen molar-refractivity contribution in [3.05, 3.63) is 92.9 Å². The van der Waals surface area contributed by atoms with Gasteiger partial charge in [0.15, 0.2) is 0 Å². The molecule has 0 saturated heterocycles. The van der Waals surface area contributed by atoms with Gasteiger partial charge in [-0.25, -0.2) is 8.42 Å². The summed E-state index contributed by atoms with van der Waals surface area (Å²) in [6.07, 6.45) is 2.02. The minimum Gasteiger partial charge on any atom is -0.354 e. The molecule has 0 heterocycles. The molecular formula is C29H32BrCl2N3O4S. The molecule has 0 spiro atoms. The van der Waals surface area contributed by atoms with Gasteiger partial charge in [-0.05, 0) is 66.9 Å². The number of anilines is 1. The van der Waals surface area contributed by atoms with Crippen molar-refractivity contribution in [1.29, 1.82) is 0 Å². The summed E-state index contributed by atoms with van der Waals surface area (Å²) in [5.74, 6) is -0.860. The van der Waals surface area contributed by atoms with Crippen LogP contribution in [-0.2, 0) is 26.2 Å². The van der Waals surface area contributed by atoms with E-state index in [0.717, 1.165) is 21.6 Å². The average molecular weight is 669 g/mol. The van der Waals surface area contributed by atoms with Crippen LogP contribution in [0.1, 0.15) is 38.7 Å². The third-order valence-corrected chi connectivity index (χ3v) is 9.20. The van der Waals surface area contributed by atoms with Crippen LogP contribution in [0.15, 0.2) is 82.2 Å². The van der Waals surface area contributed by atoms with Crippen molar-refractivity contribution in [2.45, 2.75) is 50.6 Å². The fourth-order valence-corrected chi connectivity index (χ4v) is 6.28. The molecular weight excluding hydrogens is 637 g/mol. The second kappa shape index (κ2) is 14.9. The zero-order chi connectivity index (χ0) is 29.3. The number of sulfonamides is 1. The van der Waals surface area contributed by atoms with Crippen molar-refractivity contribution in [2.24, 2.45) is 0 Å². The average Bonchev–Trinajstić information content (AvgIpc) is 2.93. The molecule has 1 N–H and O–H groups in total. The lowest BCUT2D eigenvalue weighted by Gasteiger charge is -2.33. The van der Waals surface area contributed by atoms with E-state index in [2.05, 4.69) is 21.2 Å². The fourth-order valence-electron chi connectivity index (χ4n) is 4.11. The van der Waals surface area contributed by atoms with Gasteiger partial charge in [-0.2, -0.15) is 0 Å².